The van der Waals surface area contributed by atoms with E-state index >= 15 is 0 Å². The second-order valence-corrected chi connectivity index (χ2v) is 3.67. The first-order chi connectivity index (χ1) is 7.74. The quantitative estimate of drug-likeness (QED) is 0.748. The molecule has 88 valence electrons. The third-order valence-electron chi connectivity index (χ3n) is 2.27. The van der Waals surface area contributed by atoms with Crippen molar-refractivity contribution in [2.75, 3.05) is 13.2 Å². The van der Waals surface area contributed by atoms with E-state index in [1.165, 1.54) is 0 Å². The Kier molecular flexibility index (Phi) is 5.40. The highest BCUT2D eigenvalue weighted by atomic mass is 16.5. The molecule has 1 aromatic rings. The fraction of sp³-hybridized carbons (Fsp3) is 0.462. The second kappa shape index (κ2) is 6.88. The monoisotopic (exact) mass is 221 g/mol. The predicted molar refractivity (Wildman–Crippen MR) is 64.6 cm³/mol. The molecule has 0 radical (unpaired) electrons. The maximum atomic E-state index is 11.2. The van der Waals surface area contributed by atoms with Crippen molar-refractivity contribution in [1.82, 2.24) is 5.32 Å². The van der Waals surface area contributed by atoms with Gasteiger partial charge in [0.05, 0.1) is 6.61 Å². The largest absolute Gasteiger partial charge is 0.493 e. The molecule has 0 aliphatic heterocycles. The minimum atomic E-state index is 0.0934. The van der Waals surface area contributed by atoms with Crippen LogP contribution in [0.25, 0.3) is 0 Å². The Hall–Kier alpha value is -1.51. The van der Waals surface area contributed by atoms with E-state index in [4.69, 9.17) is 4.74 Å². The molecule has 0 unspecified atom stereocenters. The summed E-state index contributed by atoms with van der Waals surface area (Å²) in [6.07, 6.45) is 1.28. The molecule has 16 heavy (non-hydrogen) atoms. The molecule has 1 aromatic carbocycles. The van der Waals surface area contributed by atoms with Crippen molar-refractivity contribution in [3.63, 3.8) is 0 Å². The van der Waals surface area contributed by atoms with Gasteiger partial charge in [0.15, 0.2) is 0 Å². The highest BCUT2D eigenvalue weighted by molar-refractivity contribution is 5.75. The van der Waals surface area contributed by atoms with Gasteiger partial charge in [-0.2, -0.15) is 0 Å². The van der Waals surface area contributed by atoms with Crippen LogP contribution >= 0.6 is 0 Å². The number of ether oxygens (including phenoxy) is 1. The van der Waals surface area contributed by atoms with Crippen LogP contribution in [0.5, 0.6) is 5.75 Å². The number of aryl methyl sites for hydroxylation is 1. The van der Waals surface area contributed by atoms with Crippen molar-refractivity contribution >= 4 is 5.91 Å². The van der Waals surface area contributed by atoms with Crippen molar-refractivity contribution in [3.05, 3.63) is 29.8 Å². The van der Waals surface area contributed by atoms with Crippen LogP contribution < -0.4 is 10.1 Å². The molecule has 0 saturated heterocycles. The number of rotatable bonds is 6. The van der Waals surface area contributed by atoms with Crippen LogP contribution in [0.1, 0.15) is 25.3 Å². The molecule has 3 nitrogen and oxygen atoms in total. The minimum absolute atomic E-state index is 0.0934. The number of amides is 1. The van der Waals surface area contributed by atoms with E-state index in [-0.39, 0.29) is 5.91 Å². The van der Waals surface area contributed by atoms with E-state index in [1.54, 1.807) is 0 Å². The molecule has 0 aromatic heterocycles. The fourth-order valence-corrected chi connectivity index (χ4v) is 1.42. The van der Waals surface area contributed by atoms with Crippen LogP contribution in [0.4, 0.5) is 0 Å². The van der Waals surface area contributed by atoms with Crippen LogP contribution in [-0.4, -0.2) is 19.1 Å². The number of hydrogen-bond donors (Lipinski definition) is 1. The van der Waals surface area contributed by atoms with E-state index in [9.17, 15) is 4.79 Å². The van der Waals surface area contributed by atoms with Gasteiger partial charge >= 0.3 is 0 Å². The lowest BCUT2D eigenvalue weighted by Gasteiger charge is -2.08. The summed E-state index contributed by atoms with van der Waals surface area (Å²) in [6.45, 7) is 5.21. The van der Waals surface area contributed by atoms with Crippen LogP contribution in [-0.2, 0) is 4.79 Å². The zero-order valence-electron chi connectivity index (χ0n) is 9.95. The first-order valence-electron chi connectivity index (χ1n) is 5.69. The SMILES string of the molecule is CCNC(=O)CCCOc1ccccc1C. The number of carbonyl (C=O) groups is 1. The summed E-state index contributed by atoms with van der Waals surface area (Å²) < 4.78 is 5.59. The van der Waals surface area contributed by atoms with Gasteiger partial charge in [0.25, 0.3) is 0 Å². The van der Waals surface area contributed by atoms with Gasteiger partial charge in [0.1, 0.15) is 5.75 Å². The Morgan fingerprint density at radius 2 is 2.12 bits per heavy atom. The van der Waals surface area contributed by atoms with Gasteiger partial charge in [0, 0.05) is 13.0 Å². The van der Waals surface area contributed by atoms with Crippen molar-refractivity contribution in [2.24, 2.45) is 0 Å². The summed E-state index contributed by atoms with van der Waals surface area (Å²) in [7, 11) is 0. The summed E-state index contributed by atoms with van der Waals surface area (Å²) in [5.41, 5.74) is 1.13. The average molecular weight is 221 g/mol. The molecular formula is C13H19NO2. The molecule has 1 N–H and O–H groups in total. The lowest BCUT2D eigenvalue weighted by atomic mass is 10.2. The van der Waals surface area contributed by atoms with Gasteiger partial charge in [-0.3, -0.25) is 4.79 Å². The molecule has 1 rings (SSSR count). The third kappa shape index (κ3) is 4.34. The second-order valence-electron chi connectivity index (χ2n) is 3.67. The molecule has 0 spiro atoms. The van der Waals surface area contributed by atoms with E-state index in [0.717, 1.165) is 17.7 Å². The van der Waals surface area contributed by atoms with Gasteiger partial charge in [-0.15, -0.1) is 0 Å². The Balaban J connectivity index is 2.21. The number of hydrogen-bond acceptors (Lipinski definition) is 2. The predicted octanol–water partition coefficient (Wildman–Crippen LogP) is 2.29. The lowest BCUT2D eigenvalue weighted by molar-refractivity contribution is -0.121. The molecule has 0 heterocycles. The Morgan fingerprint density at radius 3 is 2.81 bits per heavy atom. The van der Waals surface area contributed by atoms with Crippen molar-refractivity contribution in [2.45, 2.75) is 26.7 Å². The summed E-state index contributed by atoms with van der Waals surface area (Å²) in [5.74, 6) is 0.995. The van der Waals surface area contributed by atoms with Crippen molar-refractivity contribution in [1.29, 1.82) is 0 Å². The molecule has 0 atom stereocenters. The first kappa shape index (κ1) is 12.6. The maximum Gasteiger partial charge on any atom is 0.220 e. The zero-order chi connectivity index (χ0) is 11.8. The Bertz CT molecular complexity index is 336. The number of benzene rings is 1. The zero-order valence-corrected chi connectivity index (χ0v) is 9.95. The summed E-state index contributed by atoms with van der Waals surface area (Å²) in [4.78, 5) is 11.2. The fourth-order valence-electron chi connectivity index (χ4n) is 1.42. The van der Waals surface area contributed by atoms with Crippen LogP contribution in [0.2, 0.25) is 0 Å². The van der Waals surface area contributed by atoms with E-state index in [2.05, 4.69) is 5.32 Å². The van der Waals surface area contributed by atoms with Crippen molar-refractivity contribution < 1.29 is 9.53 Å². The maximum absolute atomic E-state index is 11.2. The molecule has 0 saturated carbocycles. The normalized spacial score (nSPS) is 9.88. The number of para-hydroxylation sites is 1. The summed E-state index contributed by atoms with van der Waals surface area (Å²) in [6, 6.07) is 7.89. The Labute approximate surface area is 96.8 Å². The average Bonchev–Trinajstić information content (AvgIpc) is 2.27. The standard InChI is InChI=1S/C13H19NO2/c1-3-14-13(15)9-6-10-16-12-8-5-4-7-11(12)2/h4-5,7-8H,3,6,9-10H2,1-2H3,(H,14,15). The summed E-state index contributed by atoms with van der Waals surface area (Å²) in [5, 5.41) is 2.76. The molecule has 3 heteroatoms. The van der Waals surface area contributed by atoms with Gasteiger partial charge in [0.2, 0.25) is 5.91 Å². The van der Waals surface area contributed by atoms with E-state index in [0.29, 0.717) is 19.6 Å². The molecule has 0 fully saturated rings. The highest BCUT2D eigenvalue weighted by Gasteiger charge is 2.00. The van der Waals surface area contributed by atoms with Gasteiger partial charge < -0.3 is 10.1 Å². The molecular weight excluding hydrogens is 202 g/mol. The van der Waals surface area contributed by atoms with Crippen LogP contribution in [0, 0.1) is 6.92 Å². The van der Waals surface area contributed by atoms with Gasteiger partial charge in [-0.25, -0.2) is 0 Å². The lowest BCUT2D eigenvalue weighted by Crippen LogP contribution is -2.22. The third-order valence-corrected chi connectivity index (χ3v) is 2.27. The minimum Gasteiger partial charge on any atom is -0.493 e. The van der Waals surface area contributed by atoms with Gasteiger partial charge in [-0.05, 0) is 31.9 Å². The topological polar surface area (TPSA) is 38.3 Å². The molecule has 1 amide bonds. The van der Waals surface area contributed by atoms with Crippen LogP contribution in [0.3, 0.4) is 0 Å². The number of carbonyl (C=O) groups excluding carboxylic acids is 1. The first-order valence-corrected chi connectivity index (χ1v) is 5.69. The highest BCUT2D eigenvalue weighted by Crippen LogP contribution is 2.16. The van der Waals surface area contributed by atoms with E-state index in [1.807, 2.05) is 38.1 Å². The molecule has 0 bridgehead atoms. The smallest absolute Gasteiger partial charge is 0.220 e. The number of nitrogens with one attached hydrogen (secondary N) is 1. The van der Waals surface area contributed by atoms with Crippen LogP contribution in [0.15, 0.2) is 24.3 Å². The van der Waals surface area contributed by atoms with E-state index < -0.39 is 0 Å². The van der Waals surface area contributed by atoms with Gasteiger partial charge in [-0.1, -0.05) is 18.2 Å². The summed E-state index contributed by atoms with van der Waals surface area (Å²) >= 11 is 0. The Morgan fingerprint density at radius 1 is 1.38 bits per heavy atom. The molecule has 0 aliphatic rings. The van der Waals surface area contributed by atoms with Crippen molar-refractivity contribution in [3.8, 4) is 5.75 Å². The molecule has 0 aliphatic carbocycles.